The van der Waals surface area contributed by atoms with Gasteiger partial charge >= 0.3 is 0 Å². The fourth-order valence-corrected chi connectivity index (χ4v) is 11.0. The fraction of sp³-hybridized carbons (Fsp3) is 0.100. The van der Waals surface area contributed by atoms with Crippen molar-refractivity contribution >= 4 is 78.0 Å². The van der Waals surface area contributed by atoms with Gasteiger partial charge in [-0.2, -0.15) is 0 Å². The molecule has 2 aliphatic heterocycles. The van der Waals surface area contributed by atoms with Gasteiger partial charge in [-0.05, 0) is 129 Å². The maximum absolute atomic E-state index is 6.52. The van der Waals surface area contributed by atoms with Crippen molar-refractivity contribution in [2.24, 2.45) is 0 Å². The molecule has 0 saturated heterocycles. The second kappa shape index (κ2) is 13.3. The highest BCUT2D eigenvalue weighted by molar-refractivity contribution is 6.10. The topological polar surface area (TPSA) is 32.8 Å². The van der Waals surface area contributed by atoms with E-state index in [1.165, 1.54) is 45.0 Å². The second-order valence-electron chi connectivity index (χ2n) is 18.5. The molecule has 2 aliphatic rings. The molecule has 9 aromatic carbocycles. The van der Waals surface area contributed by atoms with E-state index < -0.39 is 0 Å². The minimum absolute atomic E-state index is 0.124. The molecule has 2 aromatic heterocycles. The van der Waals surface area contributed by atoms with Crippen LogP contribution in [0.25, 0.3) is 66.1 Å². The Morgan fingerprint density at radius 2 is 0.609 bits per heavy atom. The third kappa shape index (κ3) is 5.23. The highest BCUT2D eigenvalue weighted by atomic mass is 16.3. The lowest BCUT2D eigenvalue weighted by molar-refractivity contribution is 0.631. The molecule has 0 radical (unpaired) electrons. The van der Waals surface area contributed by atoms with Crippen molar-refractivity contribution in [3.8, 4) is 22.3 Å². The molecule has 4 nitrogen and oxygen atoms in total. The minimum Gasteiger partial charge on any atom is -0.456 e. The lowest BCUT2D eigenvalue weighted by Gasteiger charge is -2.42. The number of nitrogens with zero attached hydrogens (tertiary/aromatic N) is 2. The van der Waals surface area contributed by atoms with Crippen LogP contribution in [0.4, 0.5) is 34.1 Å². The van der Waals surface area contributed by atoms with Crippen molar-refractivity contribution in [2.45, 2.75) is 38.5 Å². The van der Waals surface area contributed by atoms with Crippen LogP contribution < -0.4 is 9.80 Å². The average molecular weight is 825 g/mol. The summed E-state index contributed by atoms with van der Waals surface area (Å²) in [7, 11) is 0. The summed E-state index contributed by atoms with van der Waals surface area (Å²) in [6, 6.07) is 70.5. The zero-order valence-corrected chi connectivity index (χ0v) is 36.2. The minimum atomic E-state index is -0.124. The molecule has 0 amide bonds. The normalized spacial score (nSPS) is 14.8. The van der Waals surface area contributed by atoms with Crippen LogP contribution in [0.1, 0.15) is 49.9 Å². The number of hydrogen-bond donors (Lipinski definition) is 0. The van der Waals surface area contributed by atoms with E-state index in [-0.39, 0.29) is 10.8 Å². The maximum atomic E-state index is 6.52. The van der Waals surface area contributed by atoms with E-state index in [9.17, 15) is 0 Å². The fourth-order valence-electron chi connectivity index (χ4n) is 11.0. The van der Waals surface area contributed by atoms with E-state index >= 15 is 0 Å². The first-order chi connectivity index (χ1) is 31.2. The summed E-state index contributed by atoms with van der Waals surface area (Å²) in [5.74, 6) is 0. The van der Waals surface area contributed by atoms with Crippen LogP contribution in [0.2, 0.25) is 0 Å². The van der Waals surface area contributed by atoms with Gasteiger partial charge in [0.25, 0.3) is 0 Å². The Morgan fingerprint density at radius 1 is 0.312 bits per heavy atom. The Kier molecular flexibility index (Phi) is 7.67. The van der Waals surface area contributed by atoms with Crippen LogP contribution in [0.3, 0.4) is 0 Å². The van der Waals surface area contributed by atoms with Gasteiger partial charge in [0.15, 0.2) is 0 Å². The predicted molar refractivity (Wildman–Crippen MR) is 265 cm³/mol. The van der Waals surface area contributed by atoms with Gasteiger partial charge in [-0.15, -0.1) is 0 Å². The number of furan rings is 2. The molecule has 4 heteroatoms. The molecule has 13 rings (SSSR count). The molecule has 306 valence electrons. The van der Waals surface area contributed by atoms with Gasteiger partial charge in [-0.1, -0.05) is 137 Å². The number of hydrogen-bond acceptors (Lipinski definition) is 4. The van der Waals surface area contributed by atoms with Gasteiger partial charge in [0.1, 0.15) is 22.3 Å². The van der Waals surface area contributed by atoms with E-state index in [1.54, 1.807) is 0 Å². The predicted octanol–water partition coefficient (Wildman–Crippen LogP) is 17.0. The van der Waals surface area contributed by atoms with E-state index in [1.807, 2.05) is 0 Å². The summed E-state index contributed by atoms with van der Waals surface area (Å²) in [5, 5.41) is 4.37. The van der Waals surface area contributed by atoms with Crippen LogP contribution in [0.15, 0.2) is 203 Å². The van der Waals surface area contributed by atoms with Gasteiger partial charge in [0.2, 0.25) is 0 Å². The molecule has 4 heterocycles. The summed E-state index contributed by atoms with van der Waals surface area (Å²) in [6.45, 7) is 9.31. The number of para-hydroxylation sites is 4. The Morgan fingerprint density at radius 3 is 0.969 bits per heavy atom. The summed E-state index contributed by atoms with van der Waals surface area (Å²) in [5.41, 5.74) is 20.1. The first kappa shape index (κ1) is 36.8. The third-order valence-corrected chi connectivity index (χ3v) is 14.2. The molecule has 0 fully saturated rings. The molecular formula is C60H44N2O2. The van der Waals surface area contributed by atoms with Crippen LogP contribution in [-0.2, 0) is 10.8 Å². The smallest absolute Gasteiger partial charge is 0.135 e. The Bertz CT molecular complexity index is 3370. The van der Waals surface area contributed by atoms with Crippen LogP contribution in [-0.4, -0.2) is 0 Å². The van der Waals surface area contributed by atoms with Crippen LogP contribution >= 0.6 is 0 Å². The van der Waals surface area contributed by atoms with Gasteiger partial charge in [0.05, 0.1) is 22.7 Å². The number of benzene rings is 9. The van der Waals surface area contributed by atoms with Gasteiger partial charge in [-0.25, -0.2) is 0 Å². The lowest BCUT2D eigenvalue weighted by Crippen LogP contribution is -2.30. The van der Waals surface area contributed by atoms with Crippen LogP contribution in [0, 0.1) is 0 Å². The molecule has 0 N–H and O–H groups in total. The molecule has 11 aromatic rings. The van der Waals surface area contributed by atoms with Gasteiger partial charge < -0.3 is 18.6 Å². The molecule has 0 spiro atoms. The van der Waals surface area contributed by atoms with Crippen molar-refractivity contribution in [2.75, 3.05) is 9.80 Å². The standard InChI is InChI=1S/C60H44N2O2/c1-59(2)47-17-7-11-21-51(47)61(52-22-12-8-18-48(52)59)39-27-31-57-45(35-39)43-33-37(25-29-55(43)63-57)41-15-5-6-16-42(41)38-26-30-56-44(34-38)46-36-40(28-32-58(46)64-56)62-53-23-13-9-19-49(53)60(3,4)50-20-10-14-24-54(50)62/h5-36H,1-4H3. The third-order valence-electron chi connectivity index (χ3n) is 14.2. The van der Waals surface area contributed by atoms with Gasteiger partial charge in [-0.3, -0.25) is 0 Å². The van der Waals surface area contributed by atoms with Crippen molar-refractivity contribution in [3.63, 3.8) is 0 Å². The van der Waals surface area contributed by atoms with Crippen LogP contribution in [0.5, 0.6) is 0 Å². The van der Waals surface area contributed by atoms with Gasteiger partial charge in [0, 0.05) is 43.7 Å². The molecule has 64 heavy (non-hydrogen) atoms. The number of fused-ring (bicyclic) bond motifs is 10. The summed E-state index contributed by atoms with van der Waals surface area (Å²) < 4.78 is 13.0. The SMILES string of the molecule is CC1(C)c2ccccc2N(c2ccc3oc4ccc(-c5ccccc5-c5ccc6oc7ccc(N8c9ccccc9C(C)(C)c9ccccc98)cc7c6c5)cc4c3c2)c2ccccc21. The van der Waals surface area contributed by atoms with Crippen molar-refractivity contribution in [3.05, 3.63) is 216 Å². The molecule has 0 unspecified atom stereocenters. The Labute approximate surface area is 372 Å². The zero-order valence-electron chi connectivity index (χ0n) is 36.2. The van der Waals surface area contributed by atoms with E-state index in [2.05, 4.69) is 232 Å². The van der Waals surface area contributed by atoms with E-state index in [0.717, 1.165) is 77.5 Å². The number of rotatable bonds is 4. The molecular weight excluding hydrogens is 781 g/mol. The summed E-state index contributed by atoms with van der Waals surface area (Å²) >= 11 is 0. The van der Waals surface area contributed by atoms with E-state index in [0.29, 0.717) is 0 Å². The Hall–Kier alpha value is -7.82. The average Bonchev–Trinajstić information content (AvgIpc) is 3.89. The quantitative estimate of drug-likeness (QED) is 0.177. The maximum Gasteiger partial charge on any atom is 0.135 e. The highest BCUT2D eigenvalue weighted by Gasteiger charge is 2.38. The molecule has 0 atom stereocenters. The van der Waals surface area contributed by atoms with E-state index in [4.69, 9.17) is 8.83 Å². The molecule has 0 aliphatic carbocycles. The first-order valence-corrected chi connectivity index (χ1v) is 22.2. The lowest BCUT2D eigenvalue weighted by atomic mass is 9.73. The summed E-state index contributed by atoms with van der Waals surface area (Å²) in [6.07, 6.45) is 0. The Balaban J connectivity index is 0.919. The molecule has 0 bridgehead atoms. The number of anilines is 6. The monoisotopic (exact) mass is 824 g/mol. The van der Waals surface area contributed by atoms with Crippen molar-refractivity contribution in [1.29, 1.82) is 0 Å². The summed E-state index contributed by atoms with van der Waals surface area (Å²) in [4.78, 5) is 4.83. The van der Waals surface area contributed by atoms with Crippen molar-refractivity contribution in [1.82, 2.24) is 0 Å². The molecule has 0 saturated carbocycles. The highest BCUT2D eigenvalue weighted by Crippen LogP contribution is 2.54. The first-order valence-electron chi connectivity index (χ1n) is 22.2. The van der Waals surface area contributed by atoms with Crippen molar-refractivity contribution < 1.29 is 8.83 Å². The largest absolute Gasteiger partial charge is 0.456 e. The zero-order chi connectivity index (χ0) is 42.9. The second-order valence-corrected chi connectivity index (χ2v) is 18.5.